The van der Waals surface area contributed by atoms with E-state index >= 15 is 0 Å². The van der Waals surface area contributed by atoms with Crippen molar-refractivity contribution in [2.75, 3.05) is 6.61 Å². The van der Waals surface area contributed by atoms with Crippen LogP contribution in [0.4, 0.5) is 0 Å². The molecule has 0 aliphatic rings. The monoisotopic (exact) mass is 438 g/mol. The SMILES string of the molecule is CCCCCCCCCCCCC(C)(CCCCCCCCCC)C(=O)OCCCC. The minimum absolute atomic E-state index is 0.0693. The van der Waals surface area contributed by atoms with E-state index in [4.69, 9.17) is 4.74 Å². The molecule has 0 amide bonds. The minimum Gasteiger partial charge on any atom is -0.465 e. The standard InChI is InChI=1S/C29H58O2/c1-5-8-11-13-15-17-18-20-22-24-26-29(4,28(30)31-27-10-7-3)25-23-21-19-16-14-12-9-6-2/h5-27H2,1-4H3. The summed E-state index contributed by atoms with van der Waals surface area (Å²) in [5.74, 6) is 0.0693. The van der Waals surface area contributed by atoms with Gasteiger partial charge in [-0.25, -0.2) is 0 Å². The lowest BCUT2D eigenvalue weighted by molar-refractivity contribution is -0.156. The molecule has 0 radical (unpaired) electrons. The van der Waals surface area contributed by atoms with Crippen LogP contribution in [0.2, 0.25) is 0 Å². The number of esters is 1. The largest absolute Gasteiger partial charge is 0.465 e. The molecule has 0 aromatic rings. The van der Waals surface area contributed by atoms with E-state index in [9.17, 15) is 4.79 Å². The van der Waals surface area contributed by atoms with Crippen molar-refractivity contribution in [1.82, 2.24) is 0 Å². The first-order valence-corrected chi connectivity index (χ1v) is 14.3. The normalized spacial score (nSPS) is 13.3. The van der Waals surface area contributed by atoms with Crippen molar-refractivity contribution in [3.63, 3.8) is 0 Å². The van der Waals surface area contributed by atoms with Gasteiger partial charge in [-0.15, -0.1) is 0 Å². The molecule has 2 heteroatoms. The lowest BCUT2D eigenvalue weighted by atomic mass is 9.79. The molecule has 0 aromatic heterocycles. The lowest BCUT2D eigenvalue weighted by Crippen LogP contribution is -2.30. The van der Waals surface area contributed by atoms with Gasteiger partial charge in [0.2, 0.25) is 0 Å². The summed E-state index contributed by atoms with van der Waals surface area (Å²) in [7, 11) is 0. The summed E-state index contributed by atoms with van der Waals surface area (Å²) >= 11 is 0. The average molecular weight is 439 g/mol. The Morgan fingerprint density at radius 1 is 0.516 bits per heavy atom. The predicted molar refractivity (Wildman–Crippen MR) is 138 cm³/mol. The zero-order valence-electron chi connectivity index (χ0n) is 22.1. The van der Waals surface area contributed by atoms with Gasteiger partial charge < -0.3 is 4.74 Å². The highest BCUT2D eigenvalue weighted by Crippen LogP contribution is 2.33. The van der Waals surface area contributed by atoms with Crippen molar-refractivity contribution in [3.8, 4) is 0 Å². The number of ether oxygens (including phenoxy) is 1. The molecule has 31 heavy (non-hydrogen) atoms. The van der Waals surface area contributed by atoms with Crippen molar-refractivity contribution >= 4 is 5.97 Å². The van der Waals surface area contributed by atoms with Crippen LogP contribution in [-0.4, -0.2) is 12.6 Å². The molecule has 1 atom stereocenters. The lowest BCUT2D eigenvalue weighted by Gasteiger charge is -2.27. The summed E-state index contributed by atoms with van der Waals surface area (Å²) in [5, 5.41) is 0. The van der Waals surface area contributed by atoms with Crippen LogP contribution in [-0.2, 0) is 9.53 Å². The predicted octanol–water partition coefficient (Wildman–Crippen LogP) is 10.2. The van der Waals surface area contributed by atoms with E-state index in [1.807, 2.05) is 0 Å². The Balaban J connectivity index is 4.11. The first-order valence-electron chi connectivity index (χ1n) is 14.3. The Morgan fingerprint density at radius 2 is 0.839 bits per heavy atom. The molecular weight excluding hydrogens is 380 g/mol. The molecule has 186 valence electrons. The van der Waals surface area contributed by atoms with E-state index in [0.29, 0.717) is 6.61 Å². The zero-order valence-corrected chi connectivity index (χ0v) is 22.1. The van der Waals surface area contributed by atoms with Crippen LogP contribution in [0.3, 0.4) is 0 Å². The molecule has 0 heterocycles. The quantitative estimate of drug-likeness (QED) is 0.111. The van der Waals surface area contributed by atoms with E-state index < -0.39 is 0 Å². The summed E-state index contributed by atoms with van der Waals surface area (Å²) < 4.78 is 5.67. The molecule has 0 fully saturated rings. The van der Waals surface area contributed by atoms with Gasteiger partial charge in [0.25, 0.3) is 0 Å². The average Bonchev–Trinajstić information content (AvgIpc) is 2.77. The van der Waals surface area contributed by atoms with Gasteiger partial charge in [0.05, 0.1) is 12.0 Å². The second-order valence-corrected chi connectivity index (χ2v) is 10.2. The Morgan fingerprint density at radius 3 is 1.19 bits per heavy atom. The van der Waals surface area contributed by atoms with Crippen molar-refractivity contribution < 1.29 is 9.53 Å². The smallest absolute Gasteiger partial charge is 0.311 e. The highest BCUT2D eigenvalue weighted by molar-refractivity contribution is 5.76. The van der Waals surface area contributed by atoms with Gasteiger partial charge in [-0.2, -0.15) is 0 Å². The molecule has 1 unspecified atom stereocenters. The first kappa shape index (κ1) is 30.5. The van der Waals surface area contributed by atoms with Crippen LogP contribution in [0.5, 0.6) is 0 Å². The Bertz CT molecular complexity index is 379. The summed E-state index contributed by atoms with van der Waals surface area (Å²) in [6.45, 7) is 9.48. The van der Waals surface area contributed by atoms with Gasteiger partial charge in [-0.1, -0.05) is 143 Å². The van der Waals surface area contributed by atoms with Gasteiger partial charge in [-0.3, -0.25) is 4.79 Å². The summed E-state index contributed by atoms with van der Waals surface area (Å²) in [6, 6.07) is 0. The molecule has 0 rings (SSSR count). The number of carbonyl (C=O) groups is 1. The molecule has 0 N–H and O–H groups in total. The van der Waals surface area contributed by atoms with Crippen LogP contribution in [0.1, 0.15) is 169 Å². The molecule has 0 bridgehead atoms. The van der Waals surface area contributed by atoms with Crippen LogP contribution in [0.15, 0.2) is 0 Å². The number of rotatable bonds is 24. The Labute approximate surface area is 196 Å². The van der Waals surface area contributed by atoms with Gasteiger partial charge in [-0.05, 0) is 26.2 Å². The van der Waals surface area contributed by atoms with Crippen molar-refractivity contribution in [2.45, 2.75) is 169 Å². The van der Waals surface area contributed by atoms with E-state index in [1.165, 1.54) is 116 Å². The Hall–Kier alpha value is -0.530. The maximum Gasteiger partial charge on any atom is 0.311 e. The third-order valence-electron chi connectivity index (χ3n) is 6.89. The van der Waals surface area contributed by atoms with Gasteiger partial charge >= 0.3 is 5.97 Å². The fourth-order valence-electron chi connectivity index (χ4n) is 4.46. The highest BCUT2D eigenvalue weighted by atomic mass is 16.5. The van der Waals surface area contributed by atoms with Gasteiger partial charge in [0, 0.05) is 0 Å². The summed E-state index contributed by atoms with van der Waals surface area (Å²) in [5.41, 5.74) is -0.268. The minimum atomic E-state index is -0.268. The number of hydrogen-bond acceptors (Lipinski definition) is 2. The zero-order chi connectivity index (χ0) is 23.0. The number of hydrogen-bond donors (Lipinski definition) is 0. The molecule has 0 aliphatic heterocycles. The van der Waals surface area contributed by atoms with Gasteiger partial charge in [0.15, 0.2) is 0 Å². The van der Waals surface area contributed by atoms with Crippen molar-refractivity contribution in [1.29, 1.82) is 0 Å². The van der Waals surface area contributed by atoms with Crippen LogP contribution < -0.4 is 0 Å². The second kappa shape index (κ2) is 22.7. The van der Waals surface area contributed by atoms with E-state index in [-0.39, 0.29) is 11.4 Å². The fourth-order valence-corrected chi connectivity index (χ4v) is 4.46. The summed E-state index contributed by atoms with van der Waals surface area (Å²) in [6.07, 6.45) is 28.1. The van der Waals surface area contributed by atoms with E-state index in [0.717, 1.165) is 25.7 Å². The topological polar surface area (TPSA) is 26.3 Å². The third kappa shape index (κ3) is 18.7. The Kier molecular flexibility index (Phi) is 22.3. The molecule has 2 nitrogen and oxygen atoms in total. The van der Waals surface area contributed by atoms with E-state index in [1.54, 1.807) is 0 Å². The third-order valence-corrected chi connectivity index (χ3v) is 6.89. The second-order valence-electron chi connectivity index (χ2n) is 10.2. The van der Waals surface area contributed by atoms with Gasteiger partial charge in [0.1, 0.15) is 0 Å². The molecule has 0 aliphatic carbocycles. The number of carbonyl (C=O) groups excluding carboxylic acids is 1. The maximum absolute atomic E-state index is 12.8. The maximum atomic E-state index is 12.8. The molecular formula is C29H58O2. The first-order chi connectivity index (χ1) is 15.1. The van der Waals surface area contributed by atoms with Crippen LogP contribution in [0.25, 0.3) is 0 Å². The van der Waals surface area contributed by atoms with Crippen LogP contribution >= 0.6 is 0 Å². The molecule has 0 saturated heterocycles. The van der Waals surface area contributed by atoms with Crippen LogP contribution in [0, 0.1) is 5.41 Å². The summed E-state index contributed by atoms with van der Waals surface area (Å²) in [4.78, 5) is 12.8. The molecule has 0 aromatic carbocycles. The molecule has 0 spiro atoms. The molecule has 0 saturated carbocycles. The van der Waals surface area contributed by atoms with Crippen molar-refractivity contribution in [2.24, 2.45) is 5.41 Å². The van der Waals surface area contributed by atoms with E-state index in [2.05, 4.69) is 27.7 Å². The number of unbranched alkanes of at least 4 members (excludes halogenated alkanes) is 17. The highest BCUT2D eigenvalue weighted by Gasteiger charge is 2.33. The van der Waals surface area contributed by atoms with Crippen molar-refractivity contribution in [3.05, 3.63) is 0 Å². The fraction of sp³-hybridized carbons (Fsp3) is 0.966.